The highest BCUT2D eigenvalue weighted by atomic mass is 16.5. The number of nitrogens with one attached hydrogen (secondary N) is 1. The van der Waals surface area contributed by atoms with Crippen LogP contribution >= 0.6 is 0 Å². The van der Waals surface area contributed by atoms with Gasteiger partial charge < -0.3 is 14.6 Å². The summed E-state index contributed by atoms with van der Waals surface area (Å²) in [5.41, 5.74) is 1.18. The molecule has 0 amide bonds. The van der Waals surface area contributed by atoms with Crippen LogP contribution in [0.5, 0.6) is 5.75 Å². The van der Waals surface area contributed by atoms with Crippen LogP contribution in [0.2, 0.25) is 0 Å². The van der Waals surface area contributed by atoms with Crippen LogP contribution in [-0.2, 0) is 6.54 Å². The summed E-state index contributed by atoms with van der Waals surface area (Å²) in [7, 11) is 1.93. The van der Waals surface area contributed by atoms with Crippen molar-refractivity contribution < 1.29 is 4.74 Å². The van der Waals surface area contributed by atoms with Gasteiger partial charge in [-0.2, -0.15) is 0 Å². The highest BCUT2D eigenvalue weighted by molar-refractivity contribution is 5.30. The minimum absolute atomic E-state index is 0.00587. The van der Waals surface area contributed by atoms with Crippen molar-refractivity contribution in [1.29, 1.82) is 0 Å². The zero-order valence-corrected chi connectivity index (χ0v) is 11.9. The molecule has 106 valence electrons. The number of benzene rings is 1. The Balaban J connectivity index is 1.94. The van der Waals surface area contributed by atoms with E-state index < -0.39 is 0 Å². The predicted molar refractivity (Wildman–Crippen MR) is 80.1 cm³/mol. The first-order valence-electron chi connectivity index (χ1n) is 6.76. The number of hydrogen-bond acceptors (Lipinski definition) is 3. The monoisotopic (exact) mass is 272 g/mol. The summed E-state index contributed by atoms with van der Waals surface area (Å²) in [4.78, 5) is 11.5. The van der Waals surface area contributed by atoms with E-state index in [1.807, 2.05) is 31.3 Å². The second kappa shape index (κ2) is 6.91. The highest BCUT2D eigenvalue weighted by Crippen LogP contribution is 2.18. The van der Waals surface area contributed by atoms with E-state index >= 15 is 0 Å². The molecule has 0 radical (unpaired) electrons. The Kier molecular flexibility index (Phi) is 4.96. The molecule has 0 aliphatic heterocycles. The fourth-order valence-electron chi connectivity index (χ4n) is 1.95. The average molecular weight is 272 g/mol. The van der Waals surface area contributed by atoms with Gasteiger partial charge in [-0.15, -0.1) is 0 Å². The van der Waals surface area contributed by atoms with Crippen molar-refractivity contribution in [3.63, 3.8) is 0 Å². The third kappa shape index (κ3) is 3.71. The fraction of sp³-hybridized carbons (Fsp3) is 0.312. The molecule has 0 aliphatic rings. The lowest BCUT2D eigenvalue weighted by atomic mass is 10.1. The van der Waals surface area contributed by atoms with Gasteiger partial charge in [0.05, 0.1) is 6.54 Å². The lowest BCUT2D eigenvalue weighted by Crippen LogP contribution is -2.21. The highest BCUT2D eigenvalue weighted by Gasteiger charge is 2.03. The molecule has 0 saturated carbocycles. The lowest BCUT2D eigenvalue weighted by Gasteiger charge is -2.13. The summed E-state index contributed by atoms with van der Waals surface area (Å²) in [5.74, 6) is 0.827. The van der Waals surface area contributed by atoms with Crippen molar-refractivity contribution in [2.75, 3.05) is 13.7 Å². The number of pyridine rings is 1. The van der Waals surface area contributed by atoms with Crippen molar-refractivity contribution in [2.24, 2.45) is 0 Å². The summed E-state index contributed by atoms with van der Waals surface area (Å²) in [6, 6.07) is 13.4. The second-order valence-corrected chi connectivity index (χ2v) is 4.66. The largest absolute Gasteiger partial charge is 0.492 e. The Hall–Kier alpha value is -2.07. The second-order valence-electron chi connectivity index (χ2n) is 4.66. The fourth-order valence-corrected chi connectivity index (χ4v) is 1.95. The average Bonchev–Trinajstić information content (AvgIpc) is 2.49. The molecule has 0 saturated heterocycles. The topological polar surface area (TPSA) is 43.3 Å². The van der Waals surface area contributed by atoms with Crippen LogP contribution in [0.25, 0.3) is 0 Å². The first kappa shape index (κ1) is 14.3. The zero-order chi connectivity index (χ0) is 14.4. The summed E-state index contributed by atoms with van der Waals surface area (Å²) >= 11 is 0. The minimum atomic E-state index is -0.00587. The Morgan fingerprint density at radius 1 is 1.25 bits per heavy atom. The normalized spacial score (nSPS) is 12.1. The summed E-state index contributed by atoms with van der Waals surface area (Å²) in [5, 5.41) is 3.20. The molecule has 1 heterocycles. The smallest absolute Gasteiger partial charge is 0.250 e. The van der Waals surface area contributed by atoms with Gasteiger partial charge in [0.2, 0.25) is 0 Å². The van der Waals surface area contributed by atoms with Gasteiger partial charge >= 0.3 is 0 Å². The van der Waals surface area contributed by atoms with Crippen LogP contribution in [-0.4, -0.2) is 18.2 Å². The Bertz CT molecular complexity index is 607. The van der Waals surface area contributed by atoms with Crippen LogP contribution in [0, 0.1) is 0 Å². The molecular formula is C16H20N2O2. The standard InChI is InChI=1S/C16H20N2O2/c1-13(17-2)14-6-5-7-15(12-14)20-11-10-18-9-4-3-8-16(18)19/h3-9,12-13,17H,10-11H2,1-2H3. The minimum Gasteiger partial charge on any atom is -0.492 e. The molecule has 20 heavy (non-hydrogen) atoms. The van der Waals surface area contributed by atoms with E-state index in [-0.39, 0.29) is 11.6 Å². The van der Waals surface area contributed by atoms with E-state index in [0.29, 0.717) is 13.2 Å². The van der Waals surface area contributed by atoms with Crippen LogP contribution < -0.4 is 15.6 Å². The van der Waals surface area contributed by atoms with Gasteiger partial charge in [0.25, 0.3) is 5.56 Å². The molecule has 0 spiro atoms. The zero-order valence-electron chi connectivity index (χ0n) is 11.9. The molecule has 1 atom stereocenters. The van der Waals surface area contributed by atoms with Crippen molar-refractivity contribution in [2.45, 2.75) is 19.5 Å². The van der Waals surface area contributed by atoms with E-state index in [0.717, 1.165) is 5.75 Å². The predicted octanol–water partition coefficient (Wildman–Crippen LogP) is 2.21. The van der Waals surface area contributed by atoms with E-state index in [2.05, 4.69) is 18.3 Å². The van der Waals surface area contributed by atoms with Gasteiger partial charge in [-0.3, -0.25) is 4.79 Å². The Labute approximate surface area is 119 Å². The molecule has 4 heteroatoms. The van der Waals surface area contributed by atoms with Crippen molar-refractivity contribution >= 4 is 0 Å². The SMILES string of the molecule is CNC(C)c1cccc(OCCn2ccccc2=O)c1. The summed E-state index contributed by atoms with van der Waals surface area (Å²) < 4.78 is 7.35. The lowest BCUT2D eigenvalue weighted by molar-refractivity contribution is 0.296. The molecule has 1 unspecified atom stereocenters. The number of hydrogen-bond donors (Lipinski definition) is 1. The molecule has 1 aromatic heterocycles. The maximum Gasteiger partial charge on any atom is 0.250 e. The first-order valence-corrected chi connectivity index (χ1v) is 6.76. The van der Waals surface area contributed by atoms with Gasteiger partial charge in [-0.1, -0.05) is 18.2 Å². The maximum atomic E-state index is 11.5. The molecule has 0 fully saturated rings. The van der Waals surface area contributed by atoms with Crippen LogP contribution in [0.3, 0.4) is 0 Å². The van der Waals surface area contributed by atoms with Gasteiger partial charge in [0, 0.05) is 18.3 Å². The summed E-state index contributed by atoms with van der Waals surface area (Å²) in [6.45, 7) is 3.12. The maximum absolute atomic E-state index is 11.5. The number of rotatable bonds is 6. The molecule has 4 nitrogen and oxygen atoms in total. The van der Waals surface area contributed by atoms with Crippen molar-refractivity contribution in [3.05, 3.63) is 64.6 Å². The van der Waals surface area contributed by atoms with Crippen molar-refractivity contribution in [3.8, 4) is 5.75 Å². The molecule has 2 aromatic rings. The Morgan fingerprint density at radius 3 is 2.85 bits per heavy atom. The number of aromatic nitrogens is 1. The van der Waals surface area contributed by atoms with E-state index in [9.17, 15) is 4.79 Å². The first-order chi connectivity index (χ1) is 9.70. The van der Waals surface area contributed by atoms with Gasteiger partial charge in [-0.25, -0.2) is 0 Å². The van der Waals surface area contributed by atoms with Gasteiger partial charge in [0.1, 0.15) is 12.4 Å². The molecular weight excluding hydrogens is 252 g/mol. The van der Waals surface area contributed by atoms with Gasteiger partial charge in [0.15, 0.2) is 0 Å². The molecule has 1 N–H and O–H groups in total. The molecule has 0 aliphatic carbocycles. The number of ether oxygens (including phenoxy) is 1. The summed E-state index contributed by atoms with van der Waals surface area (Å²) in [6.07, 6.45) is 1.77. The quantitative estimate of drug-likeness (QED) is 0.876. The molecule has 0 bridgehead atoms. The van der Waals surface area contributed by atoms with Crippen LogP contribution in [0.1, 0.15) is 18.5 Å². The van der Waals surface area contributed by atoms with Gasteiger partial charge in [-0.05, 0) is 37.7 Å². The van der Waals surface area contributed by atoms with E-state index in [1.165, 1.54) is 5.56 Å². The molecule has 2 rings (SSSR count). The third-order valence-electron chi connectivity index (χ3n) is 3.29. The third-order valence-corrected chi connectivity index (χ3v) is 3.29. The van der Waals surface area contributed by atoms with Crippen LogP contribution in [0.4, 0.5) is 0 Å². The van der Waals surface area contributed by atoms with Crippen molar-refractivity contribution in [1.82, 2.24) is 9.88 Å². The number of nitrogens with zero attached hydrogens (tertiary/aromatic N) is 1. The molecule has 1 aromatic carbocycles. The van der Waals surface area contributed by atoms with Crippen LogP contribution in [0.15, 0.2) is 53.5 Å². The van der Waals surface area contributed by atoms with E-state index in [1.54, 1.807) is 22.9 Å². The Morgan fingerprint density at radius 2 is 2.10 bits per heavy atom. The van der Waals surface area contributed by atoms with E-state index in [4.69, 9.17) is 4.74 Å².